The van der Waals surface area contributed by atoms with Crippen molar-refractivity contribution in [3.8, 4) is 22.8 Å². The van der Waals surface area contributed by atoms with Gasteiger partial charge in [0.05, 0.1) is 22.1 Å². The second kappa shape index (κ2) is 10.1. The van der Waals surface area contributed by atoms with Crippen molar-refractivity contribution in [1.82, 2.24) is 15.6 Å². The highest BCUT2D eigenvalue weighted by Gasteiger charge is 2.24. The summed E-state index contributed by atoms with van der Waals surface area (Å²) in [6, 6.07) is 24.9. The van der Waals surface area contributed by atoms with Crippen LogP contribution >= 0.6 is 11.8 Å². The molecule has 0 atom stereocenters. The zero-order valence-electron chi connectivity index (χ0n) is 18.3. The van der Waals surface area contributed by atoms with E-state index in [2.05, 4.69) is 20.7 Å². The van der Waals surface area contributed by atoms with Crippen LogP contribution in [0.1, 0.15) is 18.1 Å². The van der Waals surface area contributed by atoms with Gasteiger partial charge in [0.2, 0.25) is 0 Å². The molecule has 0 aliphatic rings. The smallest absolute Gasteiger partial charge is 0.342 e. The van der Waals surface area contributed by atoms with Gasteiger partial charge in [-0.1, -0.05) is 48.0 Å². The molecule has 0 aliphatic carbocycles. The summed E-state index contributed by atoms with van der Waals surface area (Å²) >= 11 is 1.31. The Bertz CT molecular complexity index is 1280. The van der Waals surface area contributed by atoms with Crippen molar-refractivity contribution in [3.05, 3.63) is 90.0 Å². The van der Waals surface area contributed by atoms with Gasteiger partial charge in [-0.05, 0) is 62.0 Å². The van der Waals surface area contributed by atoms with Crippen LogP contribution in [0.5, 0.6) is 5.75 Å². The lowest BCUT2D eigenvalue weighted by Gasteiger charge is -2.05. The minimum atomic E-state index is -0.269. The molecule has 3 aromatic carbocycles. The van der Waals surface area contributed by atoms with Gasteiger partial charge >= 0.3 is 5.16 Å². The van der Waals surface area contributed by atoms with Gasteiger partial charge < -0.3 is 5.11 Å². The van der Waals surface area contributed by atoms with Crippen LogP contribution in [0.3, 0.4) is 0 Å². The third-order valence-corrected chi connectivity index (χ3v) is 5.92. The Morgan fingerprint density at radius 1 is 1.06 bits per heavy atom. The molecular weight excluding hydrogens is 434 g/mol. The number of aromatic hydroxyl groups is 1. The monoisotopic (exact) mass is 458 g/mol. The van der Waals surface area contributed by atoms with Crippen molar-refractivity contribution in [2.45, 2.75) is 19.0 Å². The highest BCUT2D eigenvalue weighted by molar-refractivity contribution is 7.99. The summed E-state index contributed by atoms with van der Waals surface area (Å²) in [4.78, 5) is 12.5. The Kier molecular flexibility index (Phi) is 6.85. The van der Waals surface area contributed by atoms with Crippen molar-refractivity contribution in [1.29, 1.82) is 0 Å². The molecule has 1 heterocycles. The number of hydrazone groups is 1. The first-order valence-electron chi connectivity index (χ1n) is 10.4. The number of phenolic OH excluding ortho intramolecular Hbond substituents is 1. The second-order valence-corrected chi connectivity index (χ2v) is 8.37. The van der Waals surface area contributed by atoms with E-state index >= 15 is 0 Å². The van der Waals surface area contributed by atoms with Crippen molar-refractivity contribution in [2.75, 3.05) is 5.75 Å². The normalized spacial score (nSPS) is 11.4. The number of nitrogens with one attached hydrogen (secondary N) is 2. The standard InChI is InChI=1S/C25H23N5O2S/c1-17-12-14-20(15-13-17)30-24(19-8-4-3-5-9-19)28-29-25(30)33-16-23(32)27-26-18(2)21-10-6-7-11-22(21)31/h3-15H,16H2,1-2H3,(H2,26,27,31,32)/p+1. The Morgan fingerprint density at radius 2 is 1.76 bits per heavy atom. The fourth-order valence-corrected chi connectivity index (χ4v) is 4.03. The number of nitrogens with zero attached hydrogens (tertiary/aromatic N) is 3. The summed E-state index contributed by atoms with van der Waals surface area (Å²) in [7, 11) is 0. The third-order valence-electron chi connectivity index (χ3n) is 4.99. The van der Waals surface area contributed by atoms with E-state index in [0.29, 0.717) is 16.4 Å². The Balaban J connectivity index is 1.53. The molecule has 7 nitrogen and oxygen atoms in total. The number of amides is 1. The fraction of sp³-hybridized carbons (Fsp3) is 0.120. The molecule has 4 rings (SSSR count). The molecule has 0 spiro atoms. The summed E-state index contributed by atoms with van der Waals surface area (Å²) in [5.41, 5.74) is 6.75. The molecule has 0 bridgehead atoms. The molecule has 166 valence electrons. The average molecular weight is 459 g/mol. The lowest BCUT2D eigenvalue weighted by molar-refractivity contribution is -0.625. The zero-order chi connectivity index (χ0) is 23.2. The summed E-state index contributed by atoms with van der Waals surface area (Å²) < 4.78 is 2.00. The van der Waals surface area contributed by atoms with Gasteiger partial charge in [0.1, 0.15) is 11.4 Å². The molecule has 1 amide bonds. The van der Waals surface area contributed by atoms with Crippen molar-refractivity contribution < 1.29 is 14.5 Å². The highest BCUT2D eigenvalue weighted by atomic mass is 32.2. The summed E-state index contributed by atoms with van der Waals surface area (Å²) in [5.74, 6) is 0.805. The Hall–Kier alpha value is -3.91. The van der Waals surface area contributed by atoms with E-state index in [0.717, 1.165) is 22.6 Å². The number of aromatic nitrogens is 3. The average Bonchev–Trinajstić information content (AvgIpc) is 3.26. The van der Waals surface area contributed by atoms with Gasteiger partial charge in [0, 0.05) is 5.56 Å². The van der Waals surface area contributed by atoms with Crippen LogP contribution in [-0.2, 0) is 4.79 Å². The van der Waals surface area contributed by atoms with Crippen molar-refractivity contribution in [2.24, 2.45) is 5.10 Å². The van der Waals surface area contributed by atoms with Gasteiger partial charge in [-0.3, -0.25) is 4.79 Å². The molecule has 0 fully saturated rings. The highest BCUT2D eigenvalue weighted by Crippen LogP contribution is 2.20. The largest absolute Gasteiger partial charge is 0.507 e. The number of phenols is 1. The molecule has 33 heavy (non-hydrogen) atoms. The summed E-state index contributed by atoms with van der Waals surface area (Å²) in [6.45, 7) is 3.77. The van der Waals surface area contributed by atoms with Crippen LogP contribution in [0.2, 0.25) is 0 Å². The van der Waals surface area contributed by atoms with Crippen LogP contribution < -0.4 is 9.99 Å². The number of rotatable bonds is 7. The van der Waals surface area contributed by atoms with Gasteiger partial charge in [-0.2, -0.15) is 9.67 Å². The Morgan fingerprint density at radius 3 is 2.48 bits per heavy atom. The second-order valence-electron chi connectivity index (χ2n) is 7.43. The van der Waals surface area contributed by atoms with E-state index in [1.54, 1.807) is 31.2 Å². The summed E-state index contributed by atoms with van der Waals surface area (Å²) in [5, 5.41) is 22.3. The van der Waals surface area contributed by atoms with Crippen molar-refractivity contribution in [3.63, 3.8) is 0 Å². The molecule has 3 N–H and O–H groups in total. The molecule has 4 aromatic rings. The summed E-state index contributed by atoms with van der Waals surface area (Å²) in [6.07, 6.45) is 0. The van der Waals surface area contributed by atoms with Crippen LogP contribution in [-0.4, -0.2) is 32.7 Å². The quantitative estimate of drug-likeness (QED) is 0.169. The first-order chi connectivity index (χ1) is 16.0. The van der Waals surface area contributed by atoms with E-state index < -0.39 is 0 Å². The number of carbonyl (C=O) groups is 1. The van der Waals surface area contributed by atoms with E-state index in [9.17, 15) is 9.90 Å². The maximum absolute atomic E-state index is 12.5. The number of thioether (sulfide) groups is 1. The molecule has 1 aromatic heterocycles. The SMILES string of the molecule is C/C(=N/NC(=O)CSc1n[nH]c(-c2ccccc2)[n+]1-c1ccc(C)cc1)c1ccccc1O. The number of H-pyrrole nitrogens is 1. The lowest BCUT2D eigenvalue weighted by atomic mass is 10.1. The van der Waals surface area contributed by atoms with Gasteiger partial charge in [-0.25, -0.2) is 5.43 Å². The van der Waals surface area contributed by atoms with E-state index in [1.807, 2.05) is 66.1 Å². The van der Waals surface area contributed by atoms with E-state index in [4.69, 9.17) is 0 Å². The number of benzene rings is 3. The van der Waals surface area contributed by atoms with Gasteiger partial charge in [0.15, 0.2) is 0 Å². The van der Waals surface area contributed by atoms with Crippen molar-refractivity contribution >= 4 is 23.4 Å². The zero-order valence-corrected chi connectivity index (χ0v) is 19.1. The molecule has 0 unspecified atom stereocenters. The van der Waals surface area contributed by atoms with Gasteiger partial charge in [0.25, 0.3) is 11.7 Å². The molecule has 8 heteroatoms. The van der Waals surface area contributed by atoms with E-state index in [-0.39, 0.29) is 17.4 Å². The van der Waals surface area contributed by atoms with Crippen LogP contribution in [0.25, 0.3) is 17.1 Å². The number of hydrogen-bond donors (Lipinski definition) is 3. The number of para-hydroxylation sites is 1. The number of aryl methyl sites for hydroxylation is 1. The lowest BCUT2D eigenvalue weighted by Crippen LogP contribution is -2.34. The minimum Gasteiger partial charge on any atom is -0.507 e. The molecular formula is C25H24N5O2S+. The first-order valence-corrected chi connectivity index (χ1v) is 11.4. The first kappa shape index (κ1) is 22.3. The topological polar surface area (TPSA) is 94.2 Å². The van der Waals surface area contributed by atoms with Gasteiger partial charge in [-0.15, -0.1) is 5.10 Å². The third kappa shape index (κ3) is 5.30. The fourth-order valence-electron chi connectivity index (χ4n) is 3.26. The minimum absolute atomic E-state index is 0.117. The van der Waals surface area contributed by atoms with Crippen LogP contribution in [0.15, 0.2) is 89.1 Å². The predicted molar refractivity (Wildman–Crippen MR) is 129 cm³/mol. The molecule has 0 aliphatic heterocycles. The number of hydrogen-bond acceptors (Lipinski definition) is 5. The van der Waals surface area contributed by atoms with Crippen LogP contribution in [0.4, 0.5) is 0 Å². The predicted octanol–water partition coefficient (Wildman–Crippen LogP) is 4.00. The Labute approximate surface area is 196 Å². The molecule has 0 radical (unpaired) electrons. The maximum Gasteiger partial charge on any atom is 0.342 e. The van der Waals surface area contributed by atoms with E-state index in [1.165, 1.54) is 11.8 Å². The number of aromatic amines is 1. The van der Waals surface area contributed by atoms with Crippen LogP contribution in [0, 0.1) is 6.92 Å². The molecule has 0 saturated carbocycles. The maximum atomic E-state index is 12.5. The molecule has 0 saturated heterocycles. The number of carbonyl (C=O) groups excluding carboxylic acids is 1.